The van der Waals surface area contributed by atoms with Crippen LogP contribution in [0, 0.1) is 5.92 Å². The lowest BCUT2D eigenvalue weighted by Crippen LogP contribution is -2.43. The van der Waals surface area contributed by atoms with Crippen LogP contribution in [-0.4, -0.2) is 47.6 Å². The number of aromatic amines is 1. The maximum absolute atomic E-state index is 13.0. The molecule has 0 radical (unpaired) electrons. The summed E-state index contributed by atoms with van der Waals surface area (Å²) in [6.07, 6.45) is -5.01. The Morgan fingerprint density at radius 2 is 2.08 bits per heavy atom. The van der Waals surface area contributed by atoms with Gasteiger partial charge in [-0.3, -0.25) is 9.59 Å². The molecule has 25 heavy (non-hydrogen) atoms. The van der Waals surface area contributed by atoms with Crippen LogP contribution in [0.2, 0.25) is 0 Å². The third-order valence-corrected chi connectivity index (χ3v) is 4.43. The minimum absolute atomic E-state index is 0.0774. The van der Waals surface area contributed by atoms with E-state index in [0.717, 1.165) is 4.90 Å². The molecule has 1 aromatic carbocycles. The van der Waals surface area contributed by atoms with Gasteiger partial charge in [-0.15, -0.1) is 0 Å². The number of methoxy groups -OCH3 is 1. The Balaban J connectivity index is 1.95. The van der Waals surface area contributed by atoms with Crippen LogP contribution in [-0.2, 0) is 4.79 Å². The Hall–Kier alpha value is -2.71. The van der Waals surface area contributed by atoms with Crippen LogP contribution in [0.5, 0.6) is 5.75 Å². The van der Waals surface area contributed by atoms with Gasteiger partial charge in [0.05, 0.1) is 13.0 Å². The Bertz CT molecular complexity index is 831. The lowest BCUT2D eigenvalue weighted by Gasteiger charge is -2.21. The van der Waals surface area contributed by atoms with Gasteiger partial charge in [0.1, 0.15) is 17.5 Å². The van der Waals surface area contributed by atoms with Gasteiger partial charge in [-0.2, -0.15) is 13.2 Å². The highest BCUT2D eigenvalue weighted by atomic mass is 19.4. The lowest BCUT2D eigenvalue weighted by atomic mass is 10.1. The first kappa shape index (κ1) is 17.1. The van der Waals surface area contributed by atoms with Crippen molar-refractivity contribution in [3.05, 3.63) is 30.0 Å². The van der Waals surface area contributed by atoms with Crippen LogP contribution < -0.4 is 10.5 Å². The summed E-state index contributed by atoms with van der Waals surface area (Å²) in [6.45, 7) is -0.595. The summed E-state index contributed by atoms with van der Waals surface area (Å²) >= 11 is 0. The summed E-state index contributed by atoms with van der Waals surface area (Å²) in [5.74, 6) is -2.90. The first-order chi connectivity index (χ1) is 11.7. The van der Waals surface area contributed by atoms with Gasteiger partial charge in [-0.1, -0.05) is 6.07 Å². The number of nitrogens with two attached hydrogens (primary N) is 1. The maximum Gasteiger partial charge on any atom is 0.393 e. The van der Waals surface area contributed by atoms with Gasteiger partial charge in [0.15, 0.2) is 0 Å². The van der Waals surface area contributed by atoms with Crippen LogP contribution in [0.1, 0.15) is 16.9 Å². The van der Waals surface area contributed by atoms with E-state index in [4.69, 9.17) is 10.5 Å². The van der Waals surface area contributed by atoms with Crippen molar-refractivity contribution in [3.63, 3.8) is 0 Å². The number of carbonyl (C=O) groups is 2. The first-order valence-corrected chi connectivity index (χ1v) is 7.55. The number of hydrogen-bond acceptors (Lipinski definition) is 3. The molecule has 3 N–H and O–H groups in total. The number of H-pyrrole nitrogens is 1. The molecule has 2 atom stereocenters. The van der Waals surface area contributed by atoms with Crippen molar-refractivity contribution in [2.75, 3.05) is 13.7 Å². The average Bonchev–Trinajstić information content (AvgIpc) is 3.17. The van der Waals surface area contributed by atoms with Gasteiger partial charge in [-0.05, 0) is 24.6 Å². The van der Waals surface area contributed by atoms with Gasteiger partial charge in [0.25, 0.3) is 5.91 Å². The van der Waals surface area contributed by atoms with Crippen LogP contribution in [0.3, 0.4) is 0 Å². The average molecular weight is 355 g/mol. The van der Waals surface area contributed by atoms with Crippen LogP contribution in [0.15, 0.2) is 24.3 Å². The van der Waals surface area contributed by atoms with Gasteiger partial charge < -0.3 is 20.4 Å². The minimum atomic E-state index is -4.49. The van der Waals surface area contributed by atoms with E-state index in [0.29, 0.717) is 16.7 Å². The van der Waals surface area contributed by atoms with Crippen molar-refractivity contribution in [1.29, 1.82) is 0 Å². The number of benzene rings is 1. The molecule has 1 saturated heterocycles. The summed E-state index contributed by atoms with van der Waals surface area (Å²) in [7, 11) is 1.47. The van der Waals surface area contributed by atoms with E-state index in [-0.39, 0.29) is 5.69 Å². The number of aromatic nitrogens is 1. The molecular weight excluding hydrogens is 339 g/mol. The smallest absolute Gasteiger partial charge is 0.393 e. The second-order valence-corrected chi connectivity index (χ2v) is 5.95. The number of primary amides is 1. The number of alkyl halides is 3. The zero-order chi connectivity index (χ0) is 18.4. The number of hydrogen-bond donors (Lipinski definition) is 2. The Morgan fingerprint density at radius 1 is 1.36 bits per heavy atom. The fourth-order valence-electron chi connectivity index (χ4n) is 3.14. The molecule has 0 saturated carbocycles. The first-order valence-electron chi connectivity index (χ1n) is 7.55. The predicted octanol–water partition coefficient (Wildman–Crippen LogP) is 2.05. The Morgan fingerprint density at radius 3 is 2.68 bits per heavy atom. The Kier molecular flexibility index (Phi) is 4.09. The van der Waals surface area contributed by atoms with E-state index in [1.165, 1.54) is 13.2 Å². The van der Waals surface area contributed by atoms with E-state index in [2.05, 4.69) is 4.98 Å². The van der Waals surface area contributed by atoms with E-state index < -0.39 is 42.9 Å². The molecule has 0 spiro atoms. The van der Waals surface area contributed by atoms with E-state index in [1.807, 2.05) is 0 Å². The fraction of sp³-hybridized carbons (Fsp3) is 0.375. The fourth-order valence-corrected chi connectivity index (χ4v) is 3.14. The van der Waals surface area contributed by atoms with Crippen LogP contribution >= 0.6 is 0 Å². The number of ether oxygens (including phenoxy) is 1. The molecule has 2 aromatic rings. The Labute approximate surface area is 140 Å². The molecular formula is C16H16F3N3O3. The summed E-state index contributed by atoms with van der Waals surface area (Å²) in [5, 5.41) is 0.621. The number of nitrogens with one attached hydrogen (secondary N) is 1. The molecule has 1 aliphatic rings. The van der Waals surface area contributed by atoms with Gasteiger partial charge in [0, 0.05) is 17.4 Å². The standard InChI is InChI=1S/C16H16F3N3O3/c1-25-13-4-2-3-10-9(13)6-11(21-10)15(24)22-7-8(16(17,18)19)5-12(22)14(20)23/h2-4,6,8,12,21H,5,7H2,1H3,(H2,20,23). The number of likely N-dealkylation sites (tertiary alicyclic amines) is 1. The molecule has 3 rings (SSSR count). The second-order valence-electron chi connectivity index (χ2n) is 5.95. The molecule has 9 heteroatoms. The number of halogens is 3. The zero-order valence-corrected chi connectivity index (χ0v) is 13.3. The highest BCUT2D eigenvalue weighted by molar-refractivity contribution is 6.01. The molecule has 2 heterocycles. The maximum atomic E-state index is 13.0. The minimum Gasteiger partial charge on any atom is -0.496 e. The second kappa shape index (κ2) is 5.98. The summed E-state index contributed by atoms with van der Waals surface area (Å²) in [4.78, 5) is 27.9. The van der Waals surface area contributed by atoms with E-state index in [9.17, 15) is 22.8 Å². The third-order valence-electron chi connectivity index (χ3n) is 4.43. The molecule has 0 bridgehead atoms. The molecule has 134 valence electrons. The molecule has 0 aliphatic carbocycles. The topological polar surface area (TPSA) is 88.4 Å². The molecule has 1 aromatic heterocycles. The largest absolute Gasteiger partial charge is 0.496 e. The number of nitrogens with zero attached hydrogens (tertiary/aromatic N) is 1. The van der Waals surface area contributed by atoms with Crippen molar-refractivity contribution in [3.8, 4) is 5.75 Å². The summed E-state index contributed by atoms with van der Waals surface area (Å²) < 4.78 is 44.2. The van der Waals surface area contributed by atoms with Crippen molar-refractivity contribution in [1.82, 2.24) is 9.88 Å². The SMILES string of the molecule is COc1cccc2[nH]c(C(=O)N3CC(C(F)(F)F)CC3C(N)=O)cc12. The van der Waals surface area contributed by atoms with Gasteiger partial charge >= 0.3 is 6.18 Å². The van der Waals surface area contributed by atoms with Crippen molar-refractivity contribution >= 4 is 22.7 Å². The van der Waals surface area contributed by atoms with E-state index >= 15 is 0 Å². The monoisotopic (exact) mass is 355 g/mol. The van der Waals surface area contributed by atoms with Crippen molar-refractivity contribution < 1.29 is 27.5 Å². The molecule has 1 fully saturated rings. The number of amides is 2. The third kappa shape index (κ3) is 3.01. The number of fused-ring (bicyclic) bond motifs is 1. The quantitative estimate of drug-likeness (QED) is 0.883. The molecule has 6 nitrogen and oxygen atoms in total. The summed E-state index contributed by atoms with van der Waals surface area (Å²) in [5.41, 5.74) is 5.88. The zero-order valence-electron chi connectivity index (χ0n) is 13.3. The van der Waals surface area contributed by atoms with Crippen molar-refractivity contribution in [2.45, 2.75) is 18.6 Å². The number of rotatable bonds is 3. The lowest BCUT2D eigenvalue weighted by molar-refractivity contribution is -0.170. The highest BCUT2D eigenvalue weighted by Gasteiger charge is 2.50. The number of carbonyl (C=O) groups excluding carboxylic acids is 2. The van der Waals surface area contributed by atoms with Gasteiger partial charge in [0.2, 0.25) is 5.91 Å². The normalized spacial score (nSPS) is 20.9. The molecule has 2 amide bonds. The molecule has 1 aliphatic heterocycles. The predicted molar refractivity (Wildman–Crippen MR) is 83.0 cm³/mol. The van der Waals surface area contributed by atoms with Crippen LogP contribution in [0.25, 0.3) is 10.9 Å². The van der Waals surface area contributed by atoms with Gasteiger partial charge in [-0.25, -0.2) is 0 Å². The molecule has 2 unspecified atom stereocenters. The summed E-state index contributed by atoms with van der Waals surface area (Å²) in [6, 6.07) is 5.34. The highest BCUT2D eigenvalue weighted by Crippen LogP contribution is 2.37. The van der Waals surface area contributed by atoms with E-state index in [1.54, 1.807) is 18.2 Å². The van der Waals surface area contributed by atoms with Crippen LogP contribution in [0.4, 0.5) is 13.2 Å². The van der Waals surface area contributed by atoms with Crippen molar-refractivity contribution in [2.24, 2.45) is 11.7 Å².